The van der Waals surface area contributed by atoms with Crippen LogP contribution in [0, 0.1) is 6.92 Å². The van der Waals surface area contributed by atoms with Gasteiger partial charge in [0, 0.05) is 49.7 Å². The van der Waals surface area contributed by atoms with E-state index in [1.807, 2.05) is 44.3 Å². The summed E-state index contributed by atoms with van der Waals surface area (Å²) >= 11 is 0. The van der Waals surface area contributed by atoms with Crippen LogP contribution in [-0.2, 0) is 13.1 Å². The maximum Gasteiger partial charge on any atom is 0.150 e. The molecule has 2 aromatic carbocycles. The van der Waals surface area contributed by atoms with Crippen LogP contribution in [0.3, 0.4) is 0 Å². The Balaban J connectivity index is 2.13. The third-order valence-electron chi connectivity index (χ3n) is 4.39. The Hall–Kier alpha value is -2.62. The zero-order chi connectivity index (χ0) is 16.6. The summed E-state index contributed by atoms with van der Waals surface area (Å²) in [6.45, 7) is 3.47. The van der Waals surface area contributed by atoms with Crippen molar-refractivity contribution in [2.75, 3.05) is 23.9 Å². The maximum atomic E-state index is 11.2. The number of carbonyl (C=O) groups excluding carboxylic acids is 2. The predicted molar refractivity (Wildman–Crippen MR) is 92.6 cm³/mol. The molecule has 4 nitrogen and oxygen atoms in total. The highest BCUT2D eigenvalue weighted by atomic mass is 16.1. The highest BCUT2D eigenvalue weighted by molar-refractivity contribution is 5.80. The number of rotatable bonds is 2. The highest BCUT2D eigenvalue weighted by Gasteiger charge is 2.20. The fraction of sp³-hybridized carbons (Fsp3) is 0.263. The number of nitrogens with zero attached hydrogens (tertiary/aromatic N) is 2. The molecule has 0 N–H and O–H groups in total. The molecule has 3 rings (SSSR count). The molecule has 1 heterocycles. The van der Waals surface area contributed by atoms with E-state index in [2.05, 4.69) is 16.8 Å². The van der Waals surface area contributed by atoms with Crippen LogP contribution in [0.5, 0.6) is 0 Å². The fourth-order valence-corrected chi connectivity index (χ4v) is 3.47. The molecule has 0 saturated carbocycles. The average Bonchev–Trinajstić information content (AvgIpc) is 2.52. The van der Waals surface area contributed by atoms with Crippen molar-refractivity contribution in [1.29, 1.82) is 0 Å². The van der Waals surface area contributed by atoms with Crippen molar-refractivity contribution in [1.82, 2.24) is 0 Å². The molecule has 0 bridgehead atoms. The van der Waals surface area contributed by atoms with Gasteiger partial charge >= 0.3 is 0 Å². The molecule has 1 aliphatic heterocycles. The first-order valence-corrected chi connectivity index (χ1v) is 7.62. The summed E-state index contributed by atoms with van der Waals surface area (Å²) in [5.41, 5.74) is 7.04. The normalized spacial score (nSPS) is 13.7. The summed E-state index contributed by atoms with van der Waals surface area (Å²) in [5, 5.41) is 0. The molecule has 1 aliphatic rings. The van der Waals surface area contributed by atoms with Crippen LogP contribution in [0.2, 0.25) is 0 Å². The lowest BCUT2D eigenvalue weighted by atomic mass is 9.99. The van der Waals surface area contributed by atoms with Gasteiger partial charge in [0.15, 0.2) is 0 Å². The number of aryl methyl sites for hydroxylation is 1. The molecule has 0 unspecified atom stereocenters. The minimum absolute atomic E-state index is 0.694. The Bertz CT molecular complexity index is 783. The number of anilines is 2. The van der Waals surface area contributed by atoms with Gasteiger partial charge in [0.05, 0.1) is 0 Å². The topological polar surface area (TPSA) is 40.6 Å². The Labute approximate surface area is 136 Å². The van der Waals surface area contributed by atoms with Crippen molar-refractivity contribution in [2.45, 2.75) is 20.0 Å². The van der Waals surface area contributed by atoms with E-state index in [1.165, 1.54) is 0 Å². The Morgan fingerprint density at radius 1 is 0.870 bits per heavy atom. The first kappa shape index (κ1) is 15.3. The second-order valence-electron chi connectivity index (χ2n) is 6.18. The Kier molecular flexibility index (Phi) is 3.90. The zero-order valence-electron chi connectivity index (χ0n) is 13.7. The van der Waals surface area contributed by atoms with Gasteiger partial charge in [0.2, 0.25) is 0 Å². The van der Waals surface area contributed by atoms with Gasteiger partial charge < -0.3 is 9.80 Å². The number of hydrogen-bond donors (Lipinski definition) is 0. The lowest BCUT2D eigenvalue weighted by molar-refractivity contribution is 0.111. The number of fused-ring (bicyclic) bond motifs is 2. The number of hydrogen-bond acceptors (Lipinski definition) is 4. The van der Waals surface area contributed by atoms with E-state index in [0.717, 1.165) is 53.7 Å². The number of aldehydes is 2. The molecule has 0 atom stereocenters. The van der Waals surface area contributed by atoms with Crippen LogP contribution in [0.15, 0.2) is 30.3 Å². The summed E-state index contributed by atoms with van der Waals surface area (Å²) in [6.07, 6.45) is 1.78. The van der Waals surface area contributed by atoms with Gasteiger partial charge in [0.25, 0.3) is 0 Å². The van der Waals surface area contributed by atoms with Gasteiger partial charge in [-0.15, -0.1) is 0 Å². The third kappa shape index (κ3) is 2.72. The molecule has 23 heavy (non-hydrogen) atoms. The summed E-state index contributed by atoms with van der Waals surface area (Å²) in [4.78, 5) is 26.6. The van der Waals surface area contributed by atoms with E-state index in [1.54, 1.807) is 0 Å². The fourth-order valence-electron chi connectivity index (χ4n) is 3.47. The molecule has 0 aromatic heterocycles. The van der Waals surface area contributed by atoms with Crippen molar-refractivity contribution in [3.63, 3.8) is 0 Å². The highest BCUT2D eigenvalue weighted by Crippen LogP contribution is 2.34. The second kappa shape index (κ2) is 5.88. The predicted octanol–water partition coefficient (Wildman–Crippen LogP) is 3.21. The first-order chi connectivity index (χ1) is 11.0. The van der Waals surface area contributed by atoms with Gasteiger partial charge in [-0.2, -0.15) is 0 Å². The second-order valence-corrected chi connectivity index (χ2v) is 6.18. The van der Waals surface area contributed by atoms with Crippen LogP contribution in [0.1, 0.15) is 37.4 Å². The quantitative estimate of drug-likeness (QED) is 0.799. The van der Waals surface area contributed by atoms with E-state index in [-0.39, 0.29) is 0 Å². The molecular formula is C19H20N2O2. The summed E-state index contributed by atoms with van der Waals surface area (Å²) in [6, 6.07) is 9.68. The largest absolute Gasteiger partial charge is 0.370 e. The lowest BCUT2D eigenvalue weighted by Gasteiger charge is -2.33. The van der Waals surface area contributed by atoms with Gasteiger partial charge in [-0.05, 0) is 53.9 Å². The van der Waals surface area contributed by atoms with Crippen molar-refractivity contribution in [2.24, 2.45) is 0 Å². The van der Waals surface area contributed by atoms with Crippen LogP contribution in [0.25, 0.3) is 0 Å². The van der Waals surface area contributed by atoms with Crippen LogP contribution >= 0.6 is 0 Å². The summed E-state index contributed by atoms with van der Waals surface area (Å²) in [7, 11) is 4.09. The Morgan fingerprint density at radius 3 is 2.22 bits per heavy atom. The zero-order valence-corrected chi connectivity index (χ0v) is 13.7. The molecule has 0 amide bonds. The Morgan fingerprint density at radius 2 is 1.52 bits per heavy atom. The first-order valence-electron chi connectivity index (χ1n) is 7.62. The van der Waals surface area contributed by atoms with Crippen LogP contribution in [-0.4, -0.2) is 26.7 Å². The molecule has 0 aliphatic carbocycles. The monoisotopic (exact) mass is 308 g/mol. The lowest BCUT2D eigenvalue weighted by Crippen LogP contribution is -2.28. The van der Waals surface area contributed by atoms with E-state index in [9.17, 15) is 9.59 Å². The molecular weight excluding hydrogens is 288 g/mol. The van der Waals surface area contributed by atoms with E-state index in [0.29, 0.717) is 11.1 Å². The summed E-state index contributed by atoms with van der Waals surface area (Å²) in [5.74, 6) is 0. The molecule has 2 aromatic rings. The summed E-state index contributed by atoms with van der Waals surface area (Å²) < 4.78 is 0. The minimum Gasteiger partial charge on any atom is -0.370 e. The molecule has 4 heteroatoms. The van der Waals surface area contributed by atoms with Gasteiger partial charge in [-0.3, -0.25) is 9.59 Å². The number of benzene rings is 2. The van der Waals surface area contributed by atoms with E-state index in [4.69, 9.17) is 0 Å². The minimum atomic E-state index is 0.694. The van der Waals surface area contributed by atoms with Gasteiger partial charge in [-0.25, -0.2) is 0 Å². The molecule has 118 valence electrons. The molecule has 0 fully saturated rings. The average molecular weight is 308 g/mol. The van der Waals surface area contributed by atoms with Crippen molar-refractivity contribution >= 4 is 23.9 Å². The van der Waals surface area contributed by atoms with E-state index < -0.39 is 0 Å². The molecule has 0 saturated heterocycles. The molecule has 0 spiro atoms. The standard InChI is InChI=1S/C19H20N2O2/c1-13-6-15(12-23)8-17-10-20(2)18-5-4-14(11-22)7-16(18)9-21(3)19(13)17/h4-8,11-12H,9-10H2,1-3H3. The van der Waals surface area contributed by atoms with Crippen molar-refractivity contribution in [3.8, 4) is 0 Å². The number of carbonyl (C=O) groups is 2. The van der Waals surface area contributed by atoms with Gasteiger partial charge in [0.1, 0.15) is 12.6 Å². The van der Waals surface area contributed by atoms with Gasteiger partial charge in [-0.1, -0.05) is 0 Å². The maximum absolute atomic E-state index is 11.2. The molecule has 0 radical (unpaired) electrons. The smallest absolute Gasteiger partial charge is 0.150 e. The van der Waals surface area contributed by atoms with Crippen LogP contribution < -0.4 is 9.80 Å². The third-order valence-corrected chi connectivity index (χ3v) is 4.39. The van der Waals surface area contributed by atoms with E-state index >= 15 is 0 Å². The van der Waals surface area contributed by atoms with Crippen molar-refractivity contribution in [3.05, 3.63) is 58.1 Å². The van der Waals surface area contributed by atoms with Crippen molar-refractivity contribution < 1.29 is 9.59 Å². The van der Waals surface area contributed by atoms with Crippen LogP contribution in [0.4, 0.5) is 11.4 Å². The SMILES string of the molecule is Cc1cc(C=O)cc2c1N(C)Cc1cc(C=O)ccc1N(C)C2.